The molecule has 0 spiro atoms. The molecule has 0 saturated heterocycles. The van der Waals surface area contributed by atoms with Gasteiger partial charge in [-0.3, -0.25) is 0 Å². The third kappa shape index (κ3) is 3.98. The van der Waals surface area contributed by atoms with E-state index in [9.17, 15) is 10.2 Å². The van der Waals surface area contributed by atoms with Crippen LogP contribution < -0.4 is 0 Å². The van der Waals surface area contributed by atoms with Crippen molar-refractivity contribution in [1.82, 2.24) is 0 Å². The quantitative estimate of drug-likeness (QED) is 0.525. The highest BCUT2D eigenvalue weighted by Crippen LogP contribution is 2.65. The van der Waals surface area contributed by atoms with Gasteiger partial charge in [0.05, 0.1) is 11.7 Å². The maximum Gasteiger partial charge on any atom is 0.0657 e. The topological polar surface area (TPSA) is 40.5 Å². The molecule has 0 radical (unpaired) electrons. The first-order valence-corrected chi connectivity index (χ1v) is 12.7. The van der Waals surface area contributed by atoms with Crippen molar-refractivity contribution in [3.8, 4) is 0 Å². The lowest BCUT2D eigenvalue weighted by Crippen LogP contribution is -2.48. The van der Waals surface area contributed by atoms with Crippen molar-refractivity contribution in [3.05, 3.63) is 11.6 Å². The van der Waals surface area contributed by atoms with E-state index in [0.29, 0.717) is 23.2 Å². The summed E-state index contributed by atoms with van der Waals surface area (Å²) < 4.78 is 0. The first-order chi connectivity index (χ1) is 13.6. The molecule has 0 aliphatic heterocycles. The van der Waals surface area contributed by atoms with Gasteiger partial charge in [-0.05, 0) is 118 Å². The fourth-order valence-corrected chi connectivity index (χ4v) is 8.41. The second kappa shape index (κ2) is 7.97. The molecule has 3 saturated carbocycles. The van der Waals surface area contributed by atoms with Crippen molar-refractivity contribution >= 4 is 0 Å². The van der Waals surface area contributed by atoms with E-state index in [1.807, 2.05) is 6.92 Å². The van der Waals surface area contributed by atoms with Crippen LogP contribution in [0.15, 0.2) is 11.6 Å². The van der Waals surface area contributed by atoms with E-state index in [-0.39, 0.29) is 6.10 Å². The molecule has 9 atom stereocenters. The Hall–Kier alpha value is -0.340. The molecule has 2 N–H and O–H groups in total. The average molecular weight is 403 g/mol. The molecule has 2 nitrogen and oxygen atoms in total. The van der Waals surface area contributed by atoms with E-state index in [2.05, 4.69) is 33.8 Å². The summed E-state index contributed by atoms with van der Waals surface area (Å²) in [6.45, 7) is 11.5. The number of fused-ring (bicyclic) bond motifs is 5. The summed E-state index contributed by atoms with van der Waals surface area (Å²) in [7, 11) is 0. The molecule has 4 aliphatic carbocycles. The van der Waals surface area contributed by atoms with Gasteiger partial charge in [-0.2, -0.15) is 0 Å². The summed E-state index contributed by atoms with van der Waals surface area (Å²) in [6, 6.07) is 0. The van der Waals surface area contributed by atoms with Crippen molar-refractivity contribution in [1.29, 1.82) is 0 Å². The Morgan fingerprint density at radius 2 is 1.76 bits per heavy atom. The summed E-state index contributed by atoms with van der Waals surface area (Å²) in [5, 5.41) is 21.5. The first kappa shape index (κ1) is 21.9. The zero-order chi connectivity index (χ0) is 21.0. The first-order valence-electron chi connectivity index (χ1n) is 12.7. The van der Waals surface area contributed by atoms with E-state index < -0.39 is 5.60 Å². The molecular weight excluding hydrogens is 356 g/mol. The molecule has 166 valence electrons. The van der Waals surface area contributed by atoms with Crippen LogP contribution in [0.4, 0.5) is 0 Å². The predicted molar refractivity (Wildman–Crippen MR) is 120 cm³/mol. The summed E-state index contributed by atoms with van der Waals surface area (Å²) in [6.07, 6.45) is 14.2. The standard InChI is InChI=1S/C27H46O2/c1-17(2)6-11-25(28)18(3)23-9-10-24-22-8-7-19-16-26(4,29)14-12-20(19)21(22)13-15-27(23,24)5/h7,17-18,20-25,28-29H,6,8-16H2,1-5H3/t18-,20-,21+,22+,23+,24-,25?,26-,27+/m0/s1. The molecule has 0 heterocycles. The second-order valence-electron chi connectivity index (χ2n) is 12.4. The molecule has 0 aromatic heterocycles. The third-order valence-corrected chi connectivity index (χ3v) is 10.1. The summed E-state index contributed by atoms with van der Waals surface area (Å²) in [4.78, 5) is 0. The monoisotopic (exact) mass is 402 g/mol. The predicted octanol–water partition coefficient (Wildman–Crippen LogP) is 6.36. The molecule has 29 heavy (non-hydrogen) atoms. The van der Waals surface area contributed by atoms with Gasteiger partial charge in [0.1, 0.15) is 0 Å². The Morgan fingerprint density at radius 3 is 2.48 bits per heavy atom. The zero-order valence-corrected chi connectivity index (χ0v) is 19.7. The van der Waals surface area contributed by atoms with Gasteiger partial charge in [0.15, 0.2) is 0 Å². The van der Waals surface area contributed by atoms with E-state index in [1.54, 1.807) is 5.57 Å². The maximum atomic E-state index is 10.9. The van der Waals surface area contributed by atoms with Gasteiger partial charge in [0.2, 0.25) is 0 Å². The Labute approximate surface area is 179 Å². The summed E-state index contributed by atoms with van der Waals surface area (Å²) >= 11 is 0. The largest absolute Gasteiger partial charge is 0.393 e. The lowest BCUT2D eigenvalue weighted by atomic mass is 9.50. The second-order valence-corrected chi connectivity index (χ2v) is 12.4. The van der Waals surface area contributed by atoms with Gasteiger partial charge >= 0.3 is 0 Å². The van der Waals surface area contributed by atoms with Gasteiger partial charge in [-0.25, -0.2) is 0 Å². The highest BCUT2D eigenvalue weighted by atomic mass is 16.3. The number of aliphatic hydroxyl groups excluding tert-OH is 1. The van der Waals surface area contributed by atoms with Crippen LogP contribution >= 0.6 is 0 Å². The van der Waals surface area contributed by atoms with E-state index in [1.165, 1.54) is 38.5 Å². The Kier molecular flexibility index (Phi) is 6.01. The average Bonchev–Trinajstić information content (AvgIpc) is 3.01. The smallest absolute Gasteiger partial charge is 0.0657 e. The Balaban J connectivity index is 1.48. The minimum absolute atomic E-state index is 0.130. The van der Waals surface area contributed by atoms with Gasteiger partial charge < -0.3 is 10.2 Å². The van der Waals surface area contributed by atoms with Crippen LogP contribution in [0.1, 0.15) is 98.8 Å². The number of hydrogen-bond acceptors (Lipinski definition) is 2. The van der Waals surface area contributed by atoms with E-state index in [4.69, 9.17) is 0 Å². The zero-order valence-electron chi connectivity index (χ0n) is 19.7. The Morgan fingerprint density at radius 1 is 1.00 bits per heavy atom. The highest BCUT2D eigenvalue weighted by molar-refractivity contribution is 5.21. The van der Waals surface area contributed by atoms with Crippen molar-refractivity contribution in [2.24, 2.45) is 46.8 Å². The van der Waals surface area contributed by atoms with E-state index in [0.717, 1.165) is 49.4 Å². The van der Waals surface area contributed by atoms with E-state index >= 15 is 0 Å². The molecule has 1 unspecified atom stereocenters. The molecule has 4 rings (SSSR count). The minimum atomic E-state index is -0.474. The van der Waals surface area contributed by atoms with Gasteiger partial charge in [-0.1, -0.05) is 39.3 Å². The minimum Gasteiger partial charge on any atom is -0.393 e. The van der Waals surface area contributed by atoms with Crippen LogP contribution in [-0.2, 0) is 0 Å². The molecule has 0 aromatic carbocycles. The molecule has 0 bridgehead atoms. The van der Waals surface area contributed by atoms with Crippen LogP contribution in [0, 0.1) is 46.8 Å². The van der Waals surface area contributed by atoms with Crippen molar-refractivity contribution in [3.63, 3.8) is 0 Å². The maximum absolute atomic E-state index is 10.9. The summed E-state index contributed by atoms with van der Waals surface area (Å²) in [5.74, 6) is 5.07. The van der Waals surface area contributed by atoms with Crippen LogP contribution in [-0.4, -0.2) is 21.9 Å². The molecule has 0 aromatic rings. The Bertz CT molecular complexity index is 620. The van der Waals surface area contributed by atoms with Gasteiger partial charge in [0, 0.05) is 0 Å². The van der Waals surface area contributed by atoms with Crippen LogP contribution in [0.3, 0.4) is 0 Å². The molecule has 2 heteroatoms. The summed E-state index contributed by atoms with van der Waals surface area (Å²) in [5.41, 5.74) is 1.53. The lowest BCUT2D eigenvalue weighted by molar-refractivity contribution is -0.0537. The van der Waals surface area contributed by atoms with Crippen molar-refractivity contribution in [2.75, 3.05) is 0 Å². The highest BCUT2D eigenvalue weighted by Gasteiger charge is 2.57. The number of aliphatic hydroxyl groups is 2. The molecular formula is C27H46O2. The normalized spacial score (nSPS) is 46.5. The molecule has 0 amide bonds. The third-order valence-electron chi connectivity index (χ3n) is 10.1. The van der Waals surface area contributed by atoms with Crippen LogP contribution in [0.25, 0.3) is 0 Å². The number of rotatable bonds is 5. The van der Waals surface area contributed by atoms with Gasteiger partial charge in [0.25, 0.3) is 0 Å². The van der Waals surface area contributed by atoms with Gasteiger partial charge in [-0.15, -0.1) is 0 Å². The van der Waals surface area contributed by atoms with Crippen molar-refractivity contribution in [2.45, 2.75) is 111 Å². The van der Waals surface area contributed by atoms with Crippen LogP contribution in [0.2, 0.25) is 0 Å². The van der Waals surface area contributed by atoms with Crippen LogP contribution in [0.5, 0.6) is 0 Å². The lowest BCUT2D eigenvalue weighted by Gasteiger charge is -2.55. The molecule has 3 fully saturated rings. The molecule has 4 aliphatic rings. The fraction of sp³-hybridized carbons (Fsp3) is 0.926. The fourth-order valence-electron chi connectivity index (χ4n) is 8.41. The number of hydrogen-bond donors (Lipinski definition) is 2. The number of allylic oxidation sites excluding steroid dienone is 1. The SMILES string of the molecule is CC(C)CCC(O)[C@@H](C)[C@H]1CC[C@H]2[C@@H]3CC=C4C[C@@](C)(O)CC[C@@H]4[C@H]3CC[C@]12C. The van der Waals surface area contributed by atoms with Crippen molar-refractivity contribution < 1.29 is 10.2 Å².